The lowest BCUT2D eigenvalue weighted by Gasteiger charge is -2.23. The van der Waals surface area contributed by atoms with E-state index in [-0.39, 0.29) is 11.8 Å². The molecular weight excluding hydrogens is 312 g/mol. The molecule has 1 aromatic rings. The summed E-state index contributed by atoms with van der Waals surface area (Å²) in [4.78, 5) is 13.2. The van der Waals surface area contributed by atoms with Crippen LogP contribution in [0.5, 0.6) is 0 Å². The number of amides is 1. The third-order valence-corrected chi connectivity index (χ3v) is 5.18. The van der Waals surface area contributed by atoms with Gasteiger partial charge in [-0.2, -0.15) is 0 Å². The molecular formula is C13H19BrN2OS. The van der Waals surface area contributed by atoms with Crippen molar-refractivity contribution >= 4 is 33.2 Å². The van der Waals surface area contributed by atoms with E-state index in [4.69, 9.17) is 0 Å². The SMILES string of the molecule is CC(C(=O)NCC1CCCNC1)c1ccc(Br)s1. The molecule has 1 aliphatic heterocycles. The van der Waals surface area contributed by atoms with Gasteiger partial charge in [0.05, 0.1) is 9.70 Å². The molecule has 2 unspecified atom stereocenters. The summed E-state index contributed by atoms with van der Waals surface area (Å²) in [5.74, 6) is 0.665. The molecule has 1 saturated heterocycles. The van der Waals surface area contributed by atoms with Crippen LogP contribution < -0.4 is 10.6 Å². The second-order valence-electron chi connectivity index (χ2n) is 4.82. The van der Waals surface area contributed by atoms with Crippen LogP contribution >= 0.6 is 27.3 Å². The Labute approximate surface area is 120 Å². The molecule has 3 nitrogen and oxygen atoms in total. The molecule has 2 atom stereocenters. The van der Waals surface area contributed by atoms with Gasteiger partial charge in [-0.1, -0.05) is 0 Å². The van der Waals surface area contributed by atoms with Crippen LogP contribution in [0, 0.1) is 5.92 Å². The Kier molecular flexibility index (Phi) is 5.21. The van der Waals surface area contributed by atoms with Crippen molar-refractivity contribution in [1.29, 1.82) is 0 Å². The summed E-state index contributed by atoms with van der Waals surface area (Å²) in [5.41, 5.74) is 0. The number of rotatable bonds is 4. The summed E-state index contributed by atoms with van der Waals surface area (Å²) in [6.45, 7) is 4.90. The summed E-state index contributed by atoms with van der Waals surface area (Å²) >= 11 is 5.06. The van der Waals surface area contributed by atoms with E-state index in [1.54, 1.807) is 11.3 Å². The smallest absolute Gasteiger partial charge is 0.228 e. The zero-order chi connectivity index (χ0) is 13.0. The van der Waals surface area contributed by atoms with E-state index in [1.807, 2.05) is 19.1 Å². The van der Waals surface area contributed by atoms with E-state index >= 15 is 0 Å². The minimum Gasteiger partial charge on any atom is -0.355 e. The predicted molar refractivity (Wildman–Crippen MR) is 79.0 cm³/mol. The molecule has 1 aliphatic rings. The van der Waals surface area contributed by atoms with Crippen LogP contribution in [0.4, 0.5) is 0 Å². The second kappa shape index (κ2) is 6.68. The Morgan fingerprint density at radius 3 is 3.11 bits per heavy atom. The van der Waals surface area contributed by atoms with Gasteiger partial charge in [0.1, 0.15) is 0 Å². The monoisotopic (exact) mass is 330 g/mol. The van der Waals surface area contributed by atoms with Crippen molar-refractivity contribution in [2.75, 3.05) is 19.6 Å². The molecule has 100 valence electrons. The fraction of sp³-hybridized carbons (Fsp3) is 0.615. The van der Waals surface area contributed by atoms with Crippen LogP contribution in [0.2, 0.25) is 0 Å². The zero-order valence-electron chi connectivity index (χ0n) is 10.5. The minimum atomic E-state index is -0.0575. The summed E-state index contributed by atoms with van der Waals surface area (Å²) in [6, 6.07) is 4.01. The minimum absolute atomic E-state index is 0.0575. The molecule has 0 bridgehead atoms. The maximum atomic E-state index is 12.1. The predicted octanol–water partition coefficient (Wildman–Crippen LogP) is 2.73. The highest BCUT2D eigenvalue weighted by Crippen LogP contribution is 2.28. The molecule has 0 aliphatic carbocycles. The van der Waals surface area contributed by atoms with Crippen molar-refractivity contribution in [1.82, 2.24) is 10.6 Å². The largest absolute Gasteiger partial charge is 0.355 e. The fourth-order valence-corrected chi connectivity index (χ4v) is 3.66. The Morgan fingerprint density at radius 2 is 2.50 bits per heavy atom. The van der Waals surface area contributed by atoms with Crippen molar-refractivity contribution < 1.29 is 4.79 Å². The maximum absolute atomic E-state index is 12.1. The molecule has 2 heterocycles. The molecule has 0 aromatic carbocycles. The van der Waals surface area contributed by atoms with Gasteiger partial charge in [-0.15, -0.1) is 11.3 Å². The van der Waals surface area contributed by atoms with E-state index < -0.39 is 0 Å². The number of piperidine rings is 1. The van der Waals surface area contributed by atoms with Gasteiger partial charge in [-0.25, -0.2) is 0 Å². The summed E-state index contributed by atoms with van der Waals surface area (Å²) < 4.78 is 1.08. The fourth-order valence-electron chi connectivity index (χ4n) is 2.19. The molecule has 1 amide bonds. The standard InChI is InChI=1S/C13H19BrN2OS/c1-9(11-4-5-12(14)18-11)13(17)16-8-10-3-2-6-15-7-10/h4-5,9-10,15H,2-3,6-8H2,1H3,(H,16,17). The molecule has 0 saturated carbocycles. The molecule has 5 heteroatoms. The normalized spacial score (nSPS) is 21.6. The molecule has 18 heavy (non-hydrogen) atoms. The van der Waals surface area contributed by atoms with Crippen molar-refractivity contribution in [3.63, 3.8) is 0 Å². The first-order valence-corrected chi connectivity index (χ1v) is 8.01. The van der Waals surface area contributed by atoms with E-state index in [0.717, 1.165) is 28.3 Å². The Morgan fingerprint density at radius 1 is 1.67 bits per heavy atom. The quantitative estimate of drug-likeness (QED) is 0.891. The van der Waals surface area contributed by atoms with Crippen LogP contribution in [0.15, 0.2) is 15.9 Å². The van der Waals surface area contributed by atoms with Crippen molar-refractivity contribution in [2.45, 2.75) is 25.7 Å². The lowest BCUT2D eigenvalue weighted by molar-refractivity contribution is -0.122. The van der Waals surface area contributed by atoms with Crippen LogP contribution in [0.3, 0.4) is 0 Å². The van der Waals surface area contributed by atoms with Gasteiger partial charge >= 0.3 is 0 Å². The van der Waals surface area contributed by atoms with Crippen LogP contribution in [0.1, 0.15) is 30.6 Å². The second-order valence-corrected chi connectivity index (χ2v) is 7.32. The zero-order valence-corrected chi connectivity index (χ0v) is 12.9. The molecule has 2 N–H and O–H groups in total. The van der Waals surface area contributed by atoms with Gasteiger partial charge < -0.3 is 10.6 Å². The first-order valence-electron chi connectivity index (χ1n) is 6.40. The van der Waals surface area contributed by atoms with Crippen LogP contribution in [-0.2, 0) is 4.79 Å². The van der Waals surface area contributed by atoms with E-state index in [0.29, 0.717) is 5.92 Å². The number of carbonyl (C=O) groups is 1. The average molecular weight is 331 g/mol. The van der Waals surface area contributed by atoms with E-state index in [1.165, 1.54) is 12.8 Å². The van der Waals surface area contributed by atoms with E-state index in [2.05, 4.69) is 26.6 Å². The Hall–Kier alpha value is -0.390. The summed E-state index contributed by atoms with van der Waals surface area (Å²) in [7, 11) is 0. The van der Waals surface area contributed by atoms with Crippen LogP contribution in [-0.4, -0.2) is 25.5 Å². The van der Waals surface area contributed by atoms with Gasteiger partial charge in [0.2, 0.25) is 5.91 Å². The first-order chi connectivity index (χ1) is 8.66. The number of hydrogen-bond donors (Lipinski definition) is 2. The highest BCUT2D eigenvalue weighted by molar-refractivity contribution is 9.11. The Balaban J connectivity index is 1.80. The number of halogens is 1. The summed E-state index contributed by atoms with van der Waals surface area (Å²) in [6.07, 6.45) is 2.43. The third kappa shape index (κ3) is 3.80. The van der Waals surface area contributed by atoms with Gasteiger partial charge in [0.15, 0.2) is 0 Å². The lowest BCUT2D eigenvalue weighted by Crippen LogP contribution is -2.39. The highest BCUT2D eigenvalue weighted by atomic mass is 79.9. The van der Waals surface area contributed by atoms with Gasteiger partial charge in [-0.3, -0.25) is 4.79 Å². The number of hydrogen-bond acceptors (Lipinski definition) is 3. The number of carbonyl (C=O) groups excluding carboxylic acids is 1. The van der Waals surface area contributed by atoms with Gasteiger partial charge in [-0.05, 0) is 66.8 Å². The van der Waals surface area contributed by atoms with Gasteiger partial charge in [0.25, 0.3) is 0 Å². The molecule has 2 rings (SSSR count). The Bertz CT molecular complexity index is 401. The molecule has 1 aromatic heterocycles. The highest BCUT2D eigenvalue weighted by Gasteiger charge is 2.19. The molecule has 0 spiro atoms. The van der Waals surface area contributed by atoms with Crippen molar-refractivity contribution in [2.24, 2.45) is 5.92 Å². The van der Waals surface area contributed by atoms with E-state index in [9.17, 15) is 4.79 Å². The number of thiophene rings is 1. The average Bonchev–Trinajstić information content (AvgIpc) is 2.83. The van der Waals surface area contributed by atoms with Crippen LogP contribution in [0.25, 0.3) is 0 Å². The molecule has 1 fully saturated rings. The van der Waals surface area contributed by atoms with Crippen molar-refractivity contribution in [3.05, 3.63) is 20.8 Å². The van der Waals surface area contributed by atoms with Gasteiger partial charge in [0, 0.05) is 11.4 Å². The first kappa shape index (κ1) is 14.0. The van der Waals surface area contributed by atoms with Crippen molar-refractivity contribution in [3.8, 4) is 0 Å². The topological polar surface area (TPSA) is 41.1 Å². The maximum Gasteiger partial charge on any atom is 0.228 e. The molecule has 0 radical (unpaired) electrons. The lowest BCUT2D eigenvalue weighted by atomic mass is 9.99. The number of nitrogens with one attached hydrogen (secondary N) is 2. The third-order valence-electron chi connectivity index (χ3n) is 3.38. The summed E-state index contributed by atoms with van der Waals surface area (Å²) in [5, 5.41) is 6.44.